The second kappa shape index (κ2) is 3.75. The monoisotopic (exact) mass is 206 g/mol. The Kier molecular flexibility index (Phi) is 2.45. The maximum atomic E-state index is 10.3. The van der Waals surface area contributed by atoms with Crippen LogP contribution in [0.3, 0.4) is 0 Å². The molecule has 0 atom stereocenters. The van der Waals surface area contributed by atoms with Gasteiger partial charge < -0.3 is 0 Å². The van der Waals surface area contributed by atoms with Crippen molar-refractivity contribution < 1.29 is 0 Å². The maximum Gasteiger partial charge on any atom is 0.0653 e. The third-order valence-electron chi connectivity index (χ3n) is 2.10. The van der Waals surface area contributed by atoms with Gasteiger partial charge in [0.15, 0.2) is 0 Å². The summed E-state index contributed by atoms with van der Waals surface area (Å²) in [6.07, 6.45) is 0. The fourth-order valence-corrected chi connectivity index (χ4v) is 2.36. The summed E-state index contributed by atoms with van der Waals surface area (Å²) in [5.41, 5.74) is 1.15. The second-order valence-corrected chi connectivity index (χ2v) is 4.07. The van der Waals surface area contributed by atoms with Gasteiger partial charge >= 0.3 is 0 Å². The minimum absolute atomic E-state index is 0.571. The summed E-state index contributed by atoms with van der Waals surface area (Å²) in [6.45, 7) is 0.571. The van der Waals surface area contributed by atoms with Gasteiger partial charge in [0.05, 0.1) is 11.8 Å². The second-order valence-electron chi connectivity index (χ2n) is 3.15. The van der Waals surface area contributed by atoms with E-state index in [1.165, 1.54) is 15.1 Å². The van der Waals surface area contributed by atoms with Crippen LogP contribution in [0.5, 0.6) is 0 Å². The van der Waals surface area contributed by atoms with Crippen molar-refractivity contribution >= 4 is 21.4 Å². The normalized spacial score (nSPS) is 10.4. The van der Waals surface area contributed by atoms with E-state index < -0.39 is 0 Å². The van der Waals surface area contributed by atoms with E-state index in [0.717, 1.165) is 5.56 Å². The Morgan fingerprint density at radius 1 is 1.43 bits per heavy atom. The van der Waals surface area contributed by atoms with E-state index in [9.17, 15) is 4.91 Å². The van der Waals surface area contributed by atoms with Crippen LogP contribution < -0.4 is 0 Å². The number of benzene rings is 1. The van der Waals surface area contributed by atoms with Crippen LogP contribution in [0.2, 0.25) is 0 Å². The molecule has 0 aliphatic carbocycles. The molecule has 0 aliphatic rings. The number of hydrogen-bond donors (Lipinski definition) is 0. The standard InChI is InChI=1S/C10H10N2OS/c1-12(11-13)7-9-4-2-3-8-5-6-14-10(8)9/h2-6H,7H2,1H3. The third-order valence-corrected chi connectivity index (χ3v) is 3.10. The minimum Gasteiger partial charge on any atom is -0.259 e. The Labute approximate surface area is 85.9 Å². The van der Waals surface area contributed by atoms with Gasteiger partial charge in [-0.05, 0) is 22.4 Å². The van der Waals surface area contributed by atoms with Gasteiger partial charge in [0.1, 0.15) is 0 Å². The van der Waals surface area contributed by atoms with Gasteiger partial charge in [-0.3, -0.25) is 5.01 Å². The van der Waals surface area contributed by atoms with Crippen molar-refractivity contribution in [3.05, 3.63) is 40.1 Å². The lowest BCUT2D eigenvalue weighted by molar-refractivity contribution is 0.343. The number of fused-ring (bicyclic) bond motifs is 1. The third kappa shape index (κ3) is 1.61. The molecular formula is C10H10N2OS. The van der Waals surface area contributed by atoms with E-state index in [0.29, 0.717) is 6.54 Å². The van der Waals surface area contributed by atoms with Gasteiger partial charge in [-0.25, -0.2) is 0 Å². The predicted molar refractivity (Wildman–Crippen MR) is 59.1 cm³/mol. The molecule has 0 radical (unpaired) electrons. The Bertz CT molecular complexity index is 452. The van der Waals surface area contributed by atoms with Crippen LogP contribution >= 0.6 is 11.3 Å². The van der Waals surface area contributed by atoms with Crippen molar-refractivity contribution in [2.75, 3.05) is 7.05 Å². The zero-order chi connectivity index (χ0) is 9.97. The Balaban J connectivity index is 2.41. The molecule has 0 unspecified atom stereocenters. The quantitative estimate of drug-likeness (QED) is 0.571. The van der Waals surface area contributed by atoms with Crippen molar-refractivity contribution in [1.82, 2.24) is 5.01 Å². The van der Waals surface area contributed by atoms with Crippen molar-refractivity contribution in [2.24, 2.45) is 5.29 Å². The van der Waals surface area contributed by atoms with Crippen LogP contribution in [0, 0.1) is 4.91 Å². The summed E-state index contributed by atoms with van der Waals surface area (Å²) in [6, 6.07) is 8.19. The fourth-order valence-electron chi connectivity index (χ4n) is 1.45. The van der Waals surface area contributed by atoms with Crippen LogP contribution in [0.25, 0.3) is 10.1 Å². The largest absolute Gasteiger partial charge is 0.259 e. The minimum atomic E-state index is 0.571. The summed E-state index contributed by atoms with van der Waals surface area (Å²) in [5.74, 6) is 0. The zero-order valence-corrected chi connectivity index (χ0v) is 8.62. The van der Waals surface area contributed by atoms with Crippen LogP contribution in [-0.2, 0) is 6.54 Å². The number of nitroso groups, excluding NO2 is 1. The fraction of sp³-hybridized carbons (Fsp3) is 0.200. The van der Waals surface area contributed by atoms with Crippen molar-refractivity contribution in [3.8, 4) is 0 Å². The highest BCUT2D eigenvalue weighted by Gasteiger charge is 2.04. The molecule has 0 saturated carbocycles. The molecule has 14 heavy (non-hydrogen) atoms. The van der Waals surface area contributed by atoms with Crippen molar-refractivity contribution in [1.29, 1.82) is 0 Å². The molecule has 0 spiro atoms. The molecule has 72 valence electrons. The summed E-state index contributed by atoms with van der Waals surface area (Å²) >= 11 is 1.70. The van der Waals surface area contributed by atoms with E-state index in [1.807, 2.05) is 12.1 Å². The molecule has 2 aromatic rings. The highest BCUT2D eigenvalue weighted by Crippen LogP contribution is 2.25. The number of hydrogen-bond acceptors (Lipinski definition) is 3. The smallest absolute Gasteiger partial charge is 0.0653 e. The van der Waals surface area contributed by atoms with Gasteiger partial charge in [-0.15, -0.1) is 16.2 Å². The van der Waals surface area contributed by atoms with E-state index in [1.54, 1.807) is 18.4 Å². The molecule has 0 aliphatic heterocycles. The summed E-state index contributed by atoms with van der Waals surface area (Å²) in [7, 11) is 1.68. The summed E-state index contributed by atoms with van der Waals surface area (Å²) in [4.78, 5) is 10.3. The van der Waals surface area contributed by atoms with E-state index in [4.69, 9.17) is 0 Å². The molecular weight excluding hydrogens is 196 g/mol. The summed E-state index contributed by atoms with van der Waals surface area (Å²) in [5, 5.41) is 7.55. The average molecular weight is 206 g/mol. The first-order valence-electron chi connectivity index (χ1n) is 4.31. The van der Waals surface area contributed by atoms with E-state index in [2.05, 4.69) is 22.8 Å². The first-order chi connectivity index (χ1) is 6.81. The molecule has 0 saturated heterocycles. The SMILES string of the molecule is CN(Cc1cccc2ccsc12)N=O. The van der Waals surface area contributed by atoms with Crippen molar-refractivity contribution in [2.45, 2.75) is 6.54 Å². The topological polar surface area (TPSA) is 32.7 Å². The summed E-state index contributed by atoms with van der Waals surface area (Å²) < 4.78 is 1.24. The van der Waals surface area contributed by atoms with Gasteiger partial charge in [-0.1, -0.05) is 18.2 Å². The van der Waals surface area contributed by atoms with Crippen LogP contribution in [-0.4, -0.2) is 12.1 Å². The lowest BCUT2D eigenvalue weighted by Gasteiger charge is -2.08. The molecule has 1 aromatic heterocycles. The molecule has 3 nitrogen and oxygen atoms in total. The molecule has 0 N–H and O–H groups in total. The lowest BCUT2D eigenvalue weighted by atomic mass is 10.1. The van der Waals surface area contributed by atoms with E-state index in [-0.39, 0.29) is 0 Å². The molecule has 1 aromatic carbocycles. The molecule has 0 amide bonds. The molecule has 0 bridgehead atoms. The van der Waals surface area contributed by atoms with Crippen LogP contribution in [0.4, 0.5) is 0 Å². The van der Waals surface area contributed by atoms with Crippen LogP contribution in [0.15, 0.2) is 34.9 Å². The number of thiophene rings is 1. The molecule has 0 fully saturated rings. The van der Waals surface area contributed by atoms with E-state index >= 15 is 0 Å². The number of rotatable bonds is 3. The average Bonchev–Trinajstić information content (AvgIpc) is 2.66. The van der Waals surface area contributed by atoms with Gasteiger partial charge in [-0.2, -0.15) is 0 Å². The Morgan fingerprint density at radius 3 is 3.07 bits per heavy atom. The first kappa shape index (κ1) is 9.15. The molecule has 1 heterocycles. The lowest BCUT2D eigenvalue weighted by Crippen LogP contribution is -2.08. The van der Waals surface area contributed by atoms with Crippen LogP contribution in [0.1, 0.15) is 5.56 Å². The Morgan fingerprint density at radius 2 is 2.29 bits per heavy atom. The van der Waals surface area contributed by atoms with Crippen molar-refractivity contribution in [3.63, 3.8) is 0 Å². The highest BCUT2D eigenvalue weighted by atomic mass is 32.1. The Hall–Kier alpha value is -1.42. The predicted octanol–water partition coefficient (Wildman–Crippen LogP) is 3.01. The number of nitrogens with zero attached hydrogens (tertiary/aromatic N) is 2. The highest BCUT2D eigenvalue weighted by molar-refractivity contribution is 7.17. The maximum absolute atomic E-state index is 10.3. The van der Waals surface area contributed by atoms with Gasteiger partial charge in [0, 0.05) is 11.7 Å². The molecule has 4 heteroatoms. The zero-order valence-electron chi connectivity index (χ0n) is 7.80. The first-order valence-corrected chi connectivity index (χ1v) is 5.19. The molecule has 2 rings (SSSR count). The van der Waals surface area contributed by atoms with Gasteiger partial charge in [0.2, 0.25) is 0 Å². The van der Waals surface area contributed by atoms with Gasteiger partial charge in [0.25, 0.3) is 0 Å².